The standard InChI is InChI=1S/C24H21Cl2FN4O3/c1-13-7-8-16(20(26)9-13)11-17-12-33-30-23(31(17)15(3)32)18-10-14(2)28-29-24(18)34-21-6-4-5-19(25)22(21)27/h4-10,17H,11-12H2,1-3H3/t17-/m0/s1. The molecule has 1 aliphatic heterocycles. The fourth-order valence-corrected chi connectivity index (χ4v) is 4.14. The second kappa shape index (κ2) is 9.95. The SMILES string of the molecule is CC(=O)N1C(c2cc(C)nnc2Oc2cccc(Cl)c2F)=NOC[C@@H]1Cc1ccc(C)cc1Cl. The highest BCUT2D eigenvalue weighted by Crippen LogP contribution is 2.32. The number of oxime groups is 1. The van der Waals surface area contributed by atoms with E-state index < -0.39 is 11.9 Å². The maximum absolute atomic E-state index is 14.5. The summed E-state index contributed by atoms with van der Waals surface area (Å²) in [6, 6.07) is 11.4. The largest absolute Gasteiger partial charge is 0.434 e. The number of hydrogen-bond donors (Lipinski definition) is 0. The Morgan fingerprint density at radius 3 is 2.71 bits per heavy atom. The lowest BCUT2D eigenvalue weighted by Crippen LogP contribution is -2.50. The van der Waals surface area contributed by atoms with Crippen LogP contribution < -0.4 is 4.74 Å². The van der Waals surface area contributed by atoms with E-state index in [0.717, 1.165) is 11.1 Å². The smallest absolute Gasteiger partial charge is 0.250 e. The average molecular weight is 503 g/mol. The second-order valence-electron chi connectivity index (χ2n) is 7.91. The summed E-state index contributed by atoms with van der Waals surface area (Å²) in [6.07, 6.45) is 0.439. The number of benzene rings is 2. The number of rotatable bonds is 5. The highest BCUT2D eigenvalue weighted by molar-refractivity contribution is 6.31. The molecule has 0 fully saturated rings. The molecule has 0 unspecified atom stereocenters. The monoisotopic (exact) mass is 502 g/mol. The van der Waals surface area contributed by atoms with Crippen molar-refractivity contribution in [3.8, 4) is 11.6 Å². The van der Waals surface area contributed by atoms with Crippen LogP contribution in [-0.4, -0.2) is 39.5 Å². The topological polar surface area (TPSA) is 76.9 Å². The van der Waals surface area contributed by atoms with E-state index in [9.17, 15) is 9.18 Å². The summed E-state index contributed by atoms with van der Waals surface area (Å²) < 4.78 is 20.2. The molecule has 1 aliphatic rings. The van der Waals surface area contributed by atoms with E-state index in [4.69, 9.17) is 32.8 Å². The van der Waals surface area contributed by atoms with Crippen LogP contribution in [-0.2, 0) is 16.1 Å². The van der Waals surface area contributed by atoms with E-state index in [1.54, 1.807) is 19.1 Å². The van der Waals surface area contributed by atoms with Gasteiger partial charge in [0.05, 0.1) is 22.3 Å². The van der Waals surface area contributed by atoms with E-state index in [0.29, 0.717) is 22.7 Å². The van der Waals surface area contributed by atoms with Crippen LogP contribution in [0.25, 0.3) is 0 Å². The Labute approximate surface area is 206 Å². The number of carbonyl (C=O) groups excluding carboxylic acids is 1. The molecule has 3 aromatic rings. The van der Waals surface area contributed by atoms with Gasteiger partial charge >= 0.3 is 0 Å². The van der Waals surface area contributed by atoms with Crippen LogP contribution in [0.3, 0.4) is 0 Å². The molecule has 0 spiro atoms. The number of aromatic nitrogens is 2. The molecule has 1 atom stereocenters. The molecule has 1 aromatic heterocycles. The molecule has 0 N–H and O–H groups in total. The van der Waals surface area contributed by atoms with Crippen LogP contribution in [0.5, 0.6) is 11.6 Å². The first-order valence-electron chi connectivity index (χ1n) is 10.5. The molecule has 1 amide bonds. The Kier molecular flexibility index (Phi) is 7.00. The number of hydrogen-bond acceptors (Lipinski definition) is 6. The van der Waals surface area contributed by atoms with Crippen LogP contribution in [0, 0.1) is 19.7 Å². The number of amides is 1. The Morgan fingerprint density at radius 1 is 1.18 bits per heavy atom. The third kappa shape index (κ3) is 4.98. The Hall–Kier alpha value is -3.23. The first-order valence-corrected chi connectivity index (χ1v) is 11.2. The molecule has 10 heteroatoms. The molecule has 2 heterocycles. The van der Waals surface area contributed by atoms with Crippen molar-refractivity contribution in [2.75, 3.05) is 6.61 Å². The molecule has 0 bridgehead atoms. The molecule has 0 radical (unpaired) electrons. The minimum absolute atomic E-state index is 0.0469. The molecule has 4 rings (SSSR count). The van der Waals surface area contributed by atoms with Gasteiger partial charge in [-0.15, -0.1) is 5.10 Å². The molecule has 0 saturated carbocycles. The number of nitrogens with zero attached hydrogens (tertiary/aromatic N) is 4. The summed E-state index contributed by atoms with van der Waals surface area (Å²) >= 11 is 12.3. The first-order chi connectivity index (χ1) is 16.2. The van der Waals surface area contributed by atoms with E-state index in [2.05, 4.69) is 15.4 Å². The van der Waals surface area contributed by atoms with Crippen molar-refractivity contribution in [2.45, 2.75) is 33.2 Å². The van der Waals surface area contributed by atoms with Gasteiger partial charge in [-0.1, -0.05) is 46.6 Å². The molecule has 7 nitrogen and oxygen atoms in total. The maximum atomic E-state index is 14.5. The zero-order chi connectivity index (χ0) is 24.4. The maximum Gasteiger partial charge on any atom is 0.250 e. The minimum Gasteiger partial charge on any atom is -0.434 e. The summed E-state index contributed by atoms with van der Waals surface area (Å²) in [4.78, 5) is 19.8. The first kappa shape index (κ1) is 23.9. The third-order valence-corrected chi connectivity index (χ3v) is 5.90. The molecule has 0 saturated heterocycles. The summed E-state index contributed by atoms with van der Waals surface area (Å²) in [5.41, 5.74) is 2.77. The molecule has 0 aliphatic carbocycles. The van der Waals surface area contributed by atoms with Gasteiger partial charge in [0.25, 0.3) is 0 Å². The quantitative estimate of drug-likeness (QED) is 0.461. The van der Waals surface area contributed by atoms with Crippen LogP contribution in [0.1, 0.15) is 29.3 Å². The zero-order valence-electron chi connectivity index (χ0n) is 18.7. The van der Waals surface area contributed by atoms with Crippen molar-refractivity contribution in [1.29, 1.82) is 0 Å². The Bertz CT molecular complexity index is 1290. The van der Waals surface area contributed by atoms with Gasteiger partial charge in [0, 0.05) is 11.9 Å². The van der Waals surface area contributed by atoms with Gasteiger partial charge in [0.15, 0.2) is 17.4 Å². The minimum atomic E-state index is -0.741. The number of aryl methyl sites for hydroxylation is 2. The number of ether oxygens (including phenoxy) is 1. The fraction of sp³-hybridized carbons (Fsp3) is 0.250. The predicted molar refractivity (Wildman–Crippen MR) is 127 cm³/mol. The molecule has 176 valence electrons. The van der Waals surface area contributed by atoms with Crippen LogP contribution in [0.4, 0.5) is 4.39 Å². The predicted octanol–water partition coefficient (Wildman–Crippen LogP) is 5.48. The lowest BCUT2D eigenvalue weighted by atomic mass is 10.0. The highest BCUT2D eigenvalue weighted by atomic mass is 35.5. The molecule has 2 aromatic carbocycles. The van der Waals surface area contributed by atoms with Gasteiger partial charge in [-0.05, 0) is 55.7 Å². The van der Waals surface area contributed by atoms with Crippen LogP contribution in [0.2, 0.25) is 10.0 Å². The van der Waals surface area contributed by atoms with Crippen molar-refractivity contribution in [2.24, 2.45) is 5.16 Å². The molecular formula is C24H21Cl2FN4O3. The number of carbonyl (C=O) groups is 1. The van der Waals surface area contributed by atoms with Crippen LogP contribution in [0.15, 0.2) is 47.6 Å². The molecular weight excluding hydrogens is 482 g/mol. The van der Waals surface area contributed by atoms with Crippen molar-refractivity contribution >= 4 is 34.9 Å². The van der Waals surface area contributed by atoms with Crippen molar-refractivity contribution in [3.05, 3.63) is 80.7 Å². The second-order valence-corrected chi connectivity index (χ2v) is 8.73. The van der Waals surface area contributed by atoms with Crippen LogP contribution >= 0.6 is 23.2 Å². The average Bonchev–Trinajstić information content (AvgIpc) is 2.79. The number of halogens is 3. The van der Waals surface area contributed by atoms with Gasteiger partial charge in [0.2, 0.25) is 11.8 Å². The summed E-state index contributed by atoms with van der Waals surface area (Å²) in [5.74, 6) is -1.00. The molecule has 34 heavy (non-hydrogen) atoms. The summed E-state index contributed by atoms with van der Waals surface area (Å²) in [7, 11) is 0. The van der Waals surface area contributed by atoms with Gasteiger partial charge in [-0.3, -0.25) is 9.69 Å². The zero-order valence-corrected chi connectivity index (χ0v) is 20.2. The normalized spacial score (nSPS) is 15.5. The Morgan fingerprint density at radius 2 is 1.97 bits per heavy atom. The van der Waals surface area contributed by atoms with E-state index in [-0.39, 0.29) is 35.0 Å². The van der Waals surface area contributed by atoms with Gasteiger partial charge < -0.3 is 9.57 Å². The van der Waals surface area contributed by atoms with Gasteiger partial charge in [0.1, 0.15) is 6.61 Å². The van der Waals surface area contributed by atoms with E-state index in [1.807, 2.05) is 25.1 Å². The van der Waals surface area contributed by atoms with Gasteiger partial charge in [-0.2, -0.15) is 5.10 Å². The fourth-order valence-electron chi connectivity index (χ4n) is 3.66. The third-order valence-electron chi connectivity index (χ3n) is 5.26. The van der Waals surface area contributed by atoms with E-state index >= 15 is 0 Å². The van der Waals surface area contributed by atoms with Crippen molar-refractivity contribution in [1.82, 2.24) is 15.1 Å². The lowest BCUT2D eigenvalue weighted by molar-refractivity contribution is -0.128. The van der Waals surface area contributed by atoms with Crippen molar-refractivity contribution in [3.63, 3.8) is 0 Å². The van der Waals surface area contributed by atoms with Gasteiger partial charge in [-0.25, -0.2) is 4.39 Å². The lowest BCUT2D eigenvalue weighted by Gasteiger charge is -2.34. The van der Waals surface area contributed by atoms with Crippen molar-refractivity contribution < 1.29 is 18.8 Å². The Balaban J connectivity index is 1.72. The summed E-state index contributed by atoms with van der Waals surface area (Å²) in [5, 5.41) is 12.7. The number of amidine groups is 1. The highest BCUT2D eigenvalue weighted by Gasteiger charge is 2.34. The van der Waals surface area contributed by atoms with E-state index in [1.165, 1.54) is 24.0 Å². The summed E-state index contributed by atoms with van der Waals surface area (Å²) in [6.45, 7) is 5.29.